The Bertz CT molecular complexity index is 564. The van der Waals surface area contributed by atoms with E-state index in [9.17, 15) is 4.79 Å². The highest BCUT2D eigenvalue weighted by Gasteiger charge is 2.03. The third kappa shape index (κ3) is 1.95. The van der Waals surface area contributed by atoms with Gasteiger partial charge in [0.15, 0.2) is 0 Å². The molecule has 1 heterocycles. The monoisotopic (exact) mass is 234 g/mol. The van der Waals surface area contributed by atoms with Crippen molar-refractivity contribution in [3.8, 4) is 11.1 Å². The lowest BCUT2D eigenvalue weighted by molar-refractivity contribution is 0.866. The summed E-state index contributed by atoms with van der Waals surface area (Å²) in [5.41, 5.74) is 7.49. The number of rotatable bonds is 1. The first kappa shape index (κ1) is 10.8. The van der Waals surface area contributed by atoms with Crippen molar-refractivity contribution >= 4 is 17.3 Å². The molecule has 0 aliphatic rings. The SMILES string of the molecule is Cn1cc(-c2cccc(Cl)c2)cc(N)c1=O. The topological polar surface area (TPSA) is 48.0 Å². The maximum Gasteiger partial charge on any atom is 0.273 e. The number of nitrogens with zero attached hydrogens (tertiary/aromatic N) is 1. The molecule has 4 heteroatoms. The number of hydrogen-bond acceptors (Lipinski definition) is 2. The number of anilines is 1. The van der Waals surface area contributed by atoms with Gasteiger partial charge in [-0.05, 0) is 23.8 Å². The van der Waals surface area contributed by atoms with Gasteiger partial charge in [0.05, 0.1) is 5.69 Å². The Hall–Kier alpha value is -1.74. The van der Waals surface area contributed by atoms with E-state index in [2.05, 4.69) is 0 Å². The molecule has 16 heavy (non-hydrogen) atoms. The lowest BCUT2D eigenvalue weighted by Gasteiger charge is -2.06. The van der Waals surface area contributed by atoms with Crippen LogP contribution < -0.4 is 11.3 Å². The number of hydrogen-bond donors (Lipinski definition) is 1. The third-order valence-corrected chi connectivity index (χ3v) is 2.60. The molecule has 0 spiro atoms. The molecule has 2 aromatic rings. The molecule has 0 atom stereocenters. The van der Waals surface area contributed by atoms with Gasteiger partial charge in [-0.2, -0.15) is 0 Å². The van der Waals surface area contributed by atoms with Crippen molar-refractivity contribution < 1.29 is 0 Å². The summed E-state index contributed by atoms with van der Waals surface area (Å²) in [5, 5.41) is 0.657. The highest BCUT2D eigenvalue weighted by Crippen LogP contribution is 2.22. The van der Waals surface area contributed by atoms with Crippen LogP contribution in [0, 0.1) is 0 Å². The molecule has 1 aromatic heterocycles. The Balaban J connectivity index is 2.61. The van der Waals surface area contributed by atoms with Gasteiger partial charge in [-0.15, -0.1) is 0 Å². The molecule has 3 nitrogen and oxygen atoms in total. The lowest BCUT2D eigenvalue weighted by Crippen LogP contribution is -2.19. The molecule has 0 bridgehead atoms. The predicted octanol–water partition coefficient (Wildman–Crippen LogP) is 2.29. The van der Waals surface area contributed by atoms with Crippen molar-refractivity contribution in [1.82, 2.24) is 4.57 Å². The van der Waals surface area contributed by atoms with Gasteiger partial charge in [-0.25, -0.2) is 0 Å². The zero-order chi connectivity index (χ0) is 11.7. The van der Waals surface area contributed by atoms with Crippen molar-refractivity contribution in [2.75, 3.05) is 5.73 Å². The second-order valence-corrected chi connectivity index (χ2v) is 4.05. The van der Waals surface area contributed by atoms with Crippen LogP contribution in [0.2, 0.25) is 5.02 Å². The summed E-state index contributed by atoms with van der Waals surface area (Å²) >= 11 is 5.91. The van der Waals surface area contributed by atoms with Gasteiger partial charge in [0.25, 0.3) is 5.56 Å². The van der Waals surface area contributed by atoms with E-state index in [1.54, 1.807) is 25.4 Å². The van der Waals surface area contributed by atoms with Gasteiger partial charge in [-0.1, -0.05) is 23.7 Å². The summed E-state index contributed by atoms with van der Waals surface area (Å²) in [5.74, 6) is 0. The standard InChI is InChI=1S/C12H11ClN2O/c1-15-7-9(6-11(14)12(15)16)8-3-2-4-10(13)5-8/h2-7H,14H2,1H3. The van der Waals surface area contributed by atoms with Crippen LogP contribution in [-0.2, 0) is 7.05 Å². The van der Waals surface area contributed by atoms with E-state index in [0.717, 1.165) is 11.1 Å². The van der Waals surface area contributed by atoms with Gasteiger partial charge in [0.2, 0.25) is 0 Å². The molecular weight excluding hydrogens is 224 g/mol. The second-order valence-electron chi connectivity index (χ2n) is 3.61. The Morgan fingerprint density at radius 2 is 2.00 bits per heavy atom. The van der Waals surface area contributed by atoms with E-state index in [-0.39, 0.29) is 11.2 Å². The predicted molar refractivity (Wildman–Crippen MR) is 66.5 cm³/mol. The number of nitrogen functional groups attached to an aromatic ring is 1. The lowest BCUT2D eigenvalue weighted by atomic mass is 10.1. The minimum Gasteiger partial charge on any atom is -0.394 e. The molecule has 0 fully saturated rings. The molecule has 0 aliphatic carbocycles. The summed E-state index contributed by atoms with van der Waals surface area (Å²) in [6.45, 7) is 0. The van der Waals surface area contributed by atoms with E-state index in [0.29, 0.717) is 5.02 Å². The van der Waals surface area contributed by atoms with E-state index in [1.165, 1.54) is 4.57 Å². The van der Waals surface area contributed by atoms with Crippen molar-refractivity contribution in [1.29, 1.82) is 0 Å². The van der Waals surface area contributed by atoms with Crippen LogP contribution in [-0.4, -0.2) is 4.57 Å². The van der Waals surface area contributed by atoms with Crippen molar-refractivity contribution in [3.05, 3.63) is 51.9 Å². The van der Waals surface area contributed by atoms with Crippen molar-refractivity contribution in [3.63, 3.8) is 0 Å². The average molecular weight is 235 g/mol. The number of halogens is 1. The van der Waals surface area contributed by atoms with Gasteiger partial charge in [0, 0.05) is 23.8 Å². The zero-order valence-corrected chi connectivity index (χ0v) is 9.53. The number of aryl methyl sites for hydroxylation is 1. The van der Waals surface area contributed by atoms with Crippen LogP contribution in [0.25, 0.3) is 11.1 Å². The van der Waals surface area contributed by atoms with Crippen LogP contribution in [0.5, 0.6) is 0 Å². The van der Waals surface area contributed by atoms with Crippen LogP contribution in [0.4, 0.5) is 5.69 Å². The summed E-state index contributed by atoms with van der Waals surface area (Å²) < 4.78 is 1.46. The van der Waals surface area contributed by atoms with Gasteiger partial charge in [-0.3, -0.25) is 4.79 Å². The Labute approximate surface area is 98.1 Å². The molecule has 0 saturated carbocycles. The Morgan fingerprint density at radius 1 is 1.25 bits per heavy atom. The molecule has 0 aliphatic heterocycles. The molecule has 0 radical (unpaired) electrons. The first-order valence-electron chi connectivity index (χ1n) is 4.80. The maximum atomic E-state index is 11.4. The van der Waals surface area contributed by atoms with Gasteiger partial charge >= 0.3 is 0 Å². The Morgan fingerprint density at radius 3 is 2.62 bits per heavy atom. The fourth-order valence-corrected chi connectivity index (χ4v) is 1.75. The molecule has 1 aromatic carbocycles. The molecule has 2 rings (SSSR count). The maximum absolute atomic E-state index is 11.4. The molecule has 2 N–H and O–H groups in total. The summed E-state index contributed by atoms with van der Waals surface area (Å²) in [6, 6.07) is 9.08. The normalized spacial score (nSPS) is 10.4. The number of nitrogens with two attached hydrogens (primary N) is 1. The quantitative estimate of drug-likeness (QED) is 0.823. The van der Waals surface area contributed by atoms with Crippen LogP contribution in [0.3, 0.4) is 0 Å². The first-order chi connectivity index (χ1) is 7.58. The van der Waals surface area contributed by atoms with E-state index >= 15 is 0 Å². The minimum atomic E-state index is -0.189. The number of benzene rings is 1. The van der Waals surface area contributed by atoms with E-state index in [4.69, 9.17) is 17.3 Å². The molecule has 0 amide bonds. The molecular formula is C12H11ClN2O. The zero-order valence-electron chi connectivity index (χ0n) is 8.77. The van der Waals surface area contributed by atoms with Gasteiger partial charge in [0.1, 0.15) is 0 Å². The van der Waals surface area contributed by atoms with Crippen LogP contribution in [0.1, 0.15) is 0 Å². The first-order valence-corrected chi connectivity index (χ1v) is 5.18. The fraction of sp³-hybridized carbons (Fsp3) is 0.0833. The molecule has 82 valence electrons. The van der Waals surface area contributed by atoms with Gasteiger partial charge < -0.3 is 10.3 Å². The van der Waals surface area contributed by atoms with E-state index < -0.39 is 0 Å². The smallest absolute Gasteiger partial charge is 0.273 e. The molecule has 0 unspecified atom stereocenters. The average Bonchev–Trinajstić information content (AvgIpc) is 2.25. The third-order valence-electron chi connectivity index (χ3n) is 2.37. The second kappa shape index (κ2) is 4.02. The summed E-state index contributed by atoms with van der Waals surface area (Å²) in [7, 11) is 1.67. The van der Waals surface area contributed by atoms with Crippen molar-refractivity contribution in [2.24, 2.45) is 7.05 Å². The van der Waals surface area contributed by atoms with Crippen LogP contribution >= 0.6 is 11.6 Å². The fourth-order valence-electron chi connectivity index (χ4n) is 1.56. The van der Waals surface area contributed by atoms with Crippen molar-refractivity contribution in [2.45, 2.75) is 0 Å². The summed E-state index contributed by atoms with van der Waals surface area (Å²) in [6.07, 6.45) is 1.74. The number of aromatic nitrogens is 1. The summed E-state index contributed by atoms with van der Waals surface area (Å²) in [4.78, 5) is 11.4. The van der Waals surface area contributed by atoms with E-state index in [1.807, 2.05) is 18.2 Å². The largest absolute Gasteiger partial charge is 0.394 e. The highest BCUT2D eigenvalue weighted by atomic mass is 35.5. The molecule has 0 saturated heterocycles. The Kier molecular flexibility index (Phi) is 2.71. The van der Waals surface area contributed by atoms with Crippen LogP contribution in [0.15, 0.2) is 41.3 Å². The number of pyridine rings is 1. The minimum absolute atomic E-state index is 0.189. The highest BCUT2D eigenvalue weighted by molar-refractivity contribution is 6.30.